The van der Waals surface area contributed by atoms with Crippen LogP contribution in [-0.2, 0) is 25.5 Å². The molecular formula is C35H29IrN3. The molecule has 0 fully saturated rings. The second kappa shape index (κ2) is 10.7. The van der Waals surface area contributed by atoms with Crippen LogP contribution in [0.2, 0.25) is 0 Å². The van der Waals surface area contributed by atoms with Crippen molar-refractivity contribution in [2.24, 2.45) is 0 Å². The topological polar surface area (TPSA) is 18.9 Å². The molecule has 1 aliphatic heterocycles. The van der Waals surface area contributed by atoms with Gasteiger partial charge in [-0.15, -0.1) is 53.1 Å². The molecule has 0 saturated heterocycles. The molecule has 3 nitrogen and oxygen atoms in total. The Labute approximate surface area is 244 Å². The molecule has 39 heavy (non-hydrogen) atoms. The Morgan fingerprint density at radius 1 is 0.795 bits per heavy atom. The minimum absolute atomic E-state index is 0. The molecular weight excluding hydrogens is 655 g/mol. The third-order valence-electron chi connectivity index (χ3n) is 7.37. The first kappa shape index (κ1) is 26.7. The fraction of sp³-hybridized carbons (Fsp3) is 0.143. The summed E-state index contributed by atoms with van der Waals surface area (Å²) in [6.07, 6.45) is 1.87. The predicted molar refractivity (Wildman–Crippen MR) is 155 cm³/mol. The van der Waals surface area contributed by atoms with Gasteiger partial charge in [-0.05, 0) is 29.2 Å². The maximum absolute atomic E-state index is 4.32. The predicted octanol–water partition coefficient (Wildman–Crippen LogP) is 7.94. The standard InChI is InChI=1S/C23H19N2.C12H10N.Ir/c1-23(2)19-9-5-4-8-17(19)18-13-12-16(14-20(18)23)25-15-24(3)21-10-6-7-11-22(21)25;1-10-7-8-12(13-9-10)11-5-3-2-4-6-11;/h4-11,13-14H,1-3H3;2-5,7-9H,1H3;/q+1;-1;. The summed E-state index contributed by atoms with van der Waals surface area (Å²) in [7, 11) is 2.03. The first-order chi connectivity index (χ1) is 18.4. The number of aromatic nitrogens is 1. The van der Waals surface area contributed by atoms with Crippen LogP contribution in [-0.4, -0.2) is 22.6 Å². The van der Waals surface area contributed by atoms with Gasteiger partial charge in [-0.2, -0.15) is 6.07 Å². The van der Waals surface area contributed by atoms with E-state index in [0.717, 1.165) is 22.6 Å². The number of fused-ring (bicyclic) bond motifs is 4. The van der Waals surface area contributed by atoms with Crippen LogP contribution in [0.1, 0.15) is 30.5 Å². The number of benzene rings is 4. The summed E-state index contributed by atoms with van der Waals surface area (Å²) >= 11 is 0. The van der Waals surface area contributed by atoms with Crippen LogP contribution in [0.4, 0.5) is 17.1 Å². The first-order valence-electron chi connectivity index (χ1n) is 12.9. The van der Waals surface area contributed by atoms with Crippen LogP contribution in [0.3, 0.4) is 0 Å². The van der Waals surface area contributed by atoms with Gasteiger partial charge in [0.15, 0.2) is 7.05 Å². The van der Waals surface area contributed by atoms with Gasteiger partial charge in [-0.25, -0.2) is 0 Å². The van der Waals surface area contributed by atoms with Crippen molar-refractivity contribution in [2.75, 3.05) is 7.05 Å². The van der Waals surface area contributed by atoms with Crippen molar-refractivity contribution in [3.05, 3.63) is 132 Å². The molecule has 4 aromatic carbocycles. The van der Waals surface area contributed by atoms with E-state index in [1.165, 1.54) is 33.5 Å². The fourth-order valence-corrected chi connectivity index (χ4v) is 5.32. The average Bonchev–Trinajstić information content (AvgIpc) is 3.41. The van der Waals surface area contributed by atoms with Crippen LogP contribution in [0.25, 0.3) is 22.4 Å². The van der Waals surface area contributed by atoms with Crippen molar-refractivity contribution < 1.29 is 24.7 Å². The summed E-state index contributed by atoms with van der Waals surface area (Å²) in [6.45, 7) is 6.64. The van der Waals surface area contributed by atoms with E-state index in [-0.39, 0.29) is 25.5 Å². The average molecular weight is 684 g/mol. The van der Waals surface area contributed by atoms with Gasteiger partial charge in [0.25, 0.3) is 11.4 Å². The third-order valence-corrected chi connectivity index (χ3v) is 7.37. The maximum Gasteiger partial charge on any atom is 0.494 e. The van der Waals surface area contributed by atoms with Crippen LogP contribution >= 0.6 is 0 Å². The van der Waals surface area contributed by atoms with Crippen molar-refractivity contribution in [3.8, 4) is 22.4 Å². The normalized spacial score (nSPS) is 13.5. The smallest absolute Gasteiger partial charge is 0.304 e. The largest absolute Gasteiger partial charge is 0.494 e. The molecule has 0 amide bonds. The fourth-order valence-electron chi connectivity index (χ4n) is 5.32. The molecule has 1 radical (unpaired) electrons. The Bertz CT molecular complexity index is 1730. The first-order valence-corrected chi connectivity index (χ1v) is 12.9. The number of aryl methyl sites for hydroxylation is 1. The number of hydrogen-bond donors (Lipinski definition) is 0. The Balaban J connectivity index is 0.000000187. The van der Waals surface area contributed by atoms with Gasteiger partial charge in [0.05, 0.1) is 0 Å². The van der Waals surface area contributed by atoms with Crippen molar-refractivity contribution in [3.63, 3.8) is 0 Å². The summed E-state index contributed by atoms with van der Waals surface area (Å²) in [4.78, 5) is 4.32. The van der Waals surface area contributed by atoms with Crippen molar-refractivity contribution in [1.29, 1.82) is 0 Å². The van der Waals surface area contributed by atoms with Gasteiger partial charge in [0, 0.05) is 38.4 Å². The molecule has 1 aliphatic carbocycles. The molecule has 0 atom stereocenters. The van der Waals surface area contributed by atoms with Crippen molar-refractivity contribution >= 4 is 23.1 Å². The van der Waals surface area contributed by atoms with Gasteiger partial charge >= 0.3 is 6.01 Å². The molecule has 1 aromatic heterocycles. The monoisotopic (exact) mass is 684 g/mol. The Kier molecular flexibility index (Phi) is 7.29. The molecule has 0 bridgehead atoms. The summed E-state index contributed by atoms with van der Waals surface area (Å²) in [5.41, 5.74) is 11.9. The van der Waals surface area contributed by atoms with Gasteiger partial charge in [-0.3, -0.25) is 0 Å². The van der Waals surface area contributed by atoms with E-state index in [1.807, 2.05) is 55.1 Å². The Hall–Kier alpha value is -3.94. The Morgan fingerprint density at radius 3 is 2.28 bits per heavy atom. The van der Waals surface area contributed by atoms with Gasteiger partial charge < -0.3 is 4.98 Å². The minimum Gasteiger partial charge on any atom is -0.304 e. The van der Waals surface area contributed by atoms with Crippen LogP contribution in [0, 0.1) is 19.1 Å². The molecule has 2 heterocycles. The summed E-state index contributed by atoms with van der Waals surface area (Å²) < 4.78 is 4.14. The third kappa shape index (κ3) is 4.84. The van der Waals surface area contributed by atoms with E-state index < -0.39 is 0 Å². The molecule has 0 spiro atoms. The van der Waals surface area contributed by atoms with E-state index >= 15 is 0 Å². The number of pyridine rings is 1. The number of hydrogen-bond acceptors (Lipinski definition) is 1. The van der Waals surface area contributed by atoms with Crippen molar-refractivity contribution in [2.45, 2.75) is 26.2 Å². The molecule has 0 unspecified atom stereocenters. The minimum atomic E-state index is 0. The maximum atomic E-state index is 4.32. The summed E-state index contributed by atoms with van der Waals surface area (Å²) in [5.74, 6) is 0. The van der Waals surface area contributed by atoms with Crippen LogP contribution < -0.4 is 4.58 Å². The van der Waals surface area contributed by atoms with Crippen molar-refractivity contribution in [1.82, 2.24) is 9.56 Å². The SMILES string of the molecule is C[N+]1=C=[N+](c2[c-]cc3c(c2)C(C)(C)c2ccccc2-3)c2ccccc21.Cc1ccc(-c2[c-]cccc2)nc1.[Ir]. The molecule has 7 rings (SSSR count). The second-order valence-electron chi connectivity index (χ2n) is 10.3. The number of nitrogens with zero attached hydrogens (tertiary/aromatic N) is 3. The van der Waals surface area contributed by atoms with E-state index in [0.29, 0.717) is 0 Å². The van der Waals surface area contributed by atoms with E-state index in [4.69, 9.17) is 0 Å². The van der Waals surface area contributed by atoms with Gasteiger partial charge in [-0.1, -0.05) is 83.2 Å². The molecule has 5 aromatic rings. The molecule has 2 aliphatic rings. The van der Waals surface area contributed by atoms with Crippen LogP contribution in [0.15, 0.2) is 103 Å². The zero-order valence-corrected chi connectivity index (χ0v) is 24.9. The summed E-state index contributed by atoms with van der Waals surface area (Å²) in [5, 5.41) is 0. The quantitative estimate of drug-likeness (QED) is 0.137. The molecule has 0 saturated carbocycles. The van der Waals surface area contributed by atoms with E-state index in [1.54, 1.807) is 0 Å². The van der Waals surface area contributed by atoms with Crippen LogP contribution in [0.5, 0.6) is 0 Å². The summed E-state index contributed by atoms with van der Waals surface area (Å²) in [6, 6.07) is 43.5. The zero-order chi connectivity index (χ0) is 26.3. The van der Waals surface area contributed by atoms with Gasteiger partial charge in [0.1, 0.15) is 5.69 Å². The van der Waals surface area contributed by atoms with Gasteiger partial charge in [0.2, 0.25) is 0 Å². The second-order valence-corrected chi connectivity index (χ2v) is 10.3. The molecule has 0 N–H and O–H groups in total. The Morgan fingerprint density at radius 2 is 1.54 bits per heavy atom. The number of para-hydroxylation sites is 2. The van der Waals surface area contributed by atoms with E-state index in [9.17, 15) is 0 Å². The zero-order valence-electron chi connectivity index (χ0n) is 22.5. The van der Waals surface area contributed by atoms with E-state index in [2.05, 4.69) is 108 Å². The molecule has 4 heteroatoms. The molecule has 193 valence electrons. The number of rotatable bonds is 2.